The van der Waals surface area contributed by atoms with Crippen LogP contribution in [0.2, 0.25) is 0 Å². The van der Waals surface area contributed by atoms with Gasteiger partial charge >= 0.3 is 5.97 Å². The van der Waals surface area contributed by atoms with E-state index in [1.165, 1.54) is 37.1 Å². The van der Waals surface area contributed by atoms with Crippen molar-refractivity contribution in [1.82, 2.24) is 9.88 Å². The summed E-state index contributed by atoms with van der Waals surface area (Å²) in [5.41, 5.74) is 3.30. The van der Waals surface area contributed by atoms with E-state index >= 15 is 0 Å². The minimum absolute atomic E-state index is 0.120. The summed E-state index contributed by atoms with van der Waals surface area (Å²) in [5.74, 6) is -4.15. The molecule has 2 N–H and O–H groups in total. The number of aryl methyl sites for hydroxylation is 1. The molecule has 8 nitrogen and oxygen atoms in total. The first-order valence-electron chi connectivity index (χ1n) is 10.6. The lowest BCUT2D eigenvalue weighted by Crippen LogP contribution is -2.32. The van der Waals surface area contributed by atoms with Gasteiger partial charge in [0.2, 0.25) is 5.78 Å². The molecule has 3 aromatic rings. The Labute approximate surface area is 190 Å². The van der Waals surface area contributed by atoms with Gasteiger partial charge in [-0.05, 0) is 44.0 Å². The number of aromatic hydroxyl groups is 1. The molecule has 33 heavy (non-hydrogen) atoms. The molecule has 1 aromatic heterocycles. The number of esters is 1. The molecule has 2 atom stereocenters. The number of carbonyl (C=O) groups excluding carboxylic acids is 4. The lowest BCUT2D eigenvalue weighted by Gasteiger charge is -2.27. The van der Waals surface area contributed by atoms with Gasteiger partial charge in [0, 0.05) is 28.7 Å². The zero-order valence-corrected chi connectivity index (χ0v) is 18.5. The Bertz CT molecular complexity index is 1290. The number of nitrogens with one attached hydrogen (secondary N) is 1. The van der Waals surface area contributed by atoms with Crippen LogP contribution in [-0.4, -0.2) is 52.1 Å². The maximum atomic E-state index is 12.9. The number of ketones is 2. The van der Waals surface area contributed by atoms with Crippen LogP contribution in [-0.2, 0) is 25.5 Å². The number of aromatic nitrogens is 1. The van der Waals surface area contributed by atoms with Gasteiger partial charge in [0.25, 0.3) is 5.91 Å². The van der Waals surface area contributed by atoms with Crippen molar-refractivity contribution in [2.45, 2.75) is 26.3 Å². The maximum Gasteiger partial charge on any atom is 0.337 e. The topological polar surface area (TPSA) is 117 Å². The number of methoxy groups -OCH3 is 1. The summed E-state index contributed by atoms with van der Waals surface area (Å²) in [6.07, 6.45) is 0.455. The normalized spacial score (nSPS) is 18.2. The fraction of sp³-hybridized carbons (Fsp3) is 0.280. The third-order valence-electron chi connectivity index (χ3n) is 6.24. The number of Topliss-reactive ketones (excluding diaryl/α,β-unsaturated/α-hetero) is 2. The average molecular weight is 448 g/mol. The van der Waals surface area contributed by atoms with Gasteiger partial charge in [-0.1, -0.05) is 24.3 Å². The number of carbonyl (C=O) groups is 4. The molecule has 1 amide bonds. The van der Waals surface area contributed by atoms with Gasteiger partial charge < -0.3 is 19.7 Å². The average Bonchev–Trinajstić information content (AvgIpc) is 3.24. The predicted molar refractivity (Wildman–Crippen MR) is 120 cm³/mol. The van der Waals surface area contributed by atoms with Crippen molar-refractivity contribution in [3.8, 4) is 5.75 Å². The molecule has 1 saturated heterocycles. The second kappa shape index (κ2) is 8.54. The lowest BCUT2D eigenvalue weighted by molar-refractivity contribution is -0.142. The number of likely N-dealkylation sites (tertiary alicyclic amines) is 1. The first-order valence-corrected chi connectivity index (χ1v) is 10.6. The van der Waals surface area contributed by atoms with E-state index in [0.717, 1.165) is 22.2 Å². The van der Waals surface area contributed by atoms with Crippen LogP contribution in [0, 0.1) is 12.8 Å². The number of rotatable bonds is 6. The zero-order valence-electron chi connectivity index (χ0n) is 18.5. The Balaban J connectivity index is 1.72. The highest BCUT2D eigenvalue weighted by molar-refractivity contribution is 6.42. The molecule has 4 rings (SSSR count). The Morgan fingerprint density at radius 3 is 2.55 bits per heavy atom. The van der Waals surface area contributed by atoms with Crippen LogP contribution in [0.25, 0.3) is 10.9 Å². The summed E-state index contributed by atoms with van der Waals surface area (Å²) in [6.45, 7) is 3.38. The molecule has 0 radical (unpaired) electrons. The van der Waals surface area contributed by atoms with Crippen LogP contribution in [0.15, 0.2) is 42.5 Å². The van der Waals surface area contributed by atoms with E-state index in [1.807, 2.05) is 31.2 Å². The zero-order chi connectivity index (χ0) is 23.9. The highest BCUT2D eigenvalue weighted by atomic mass is 16.5. The highest BCUT2D eigenvalue weighted by Gasteiger charge is 2.50. The molecule has 0 bridgehead atoms. The lowest BCUT2D eigenvalue weighted by atomic mass is 9.89. The summed E-state index contributed by atoms with van der Waals surface area (Å²) in [4.78, 5) is 54.5. The van der Waals surface area contributed by atoms with E-state index < -0.39 is 35.4 Å². The van der Waals surface area contributed by atoms with Gasteiger partial charge in [-0.25, -0.2) is 4.79 Å². The van der Waals surface area contributed by atoms with Crippen LogP contribution in [0.4, 0.5) is 0 Å². The van der Waals surface area contributed by atoms with E-state index in [-0.39, 0.29) is 23.4 Å². The molecule has 1 aliphatic heterocycles. The Morgan fingerprint density at radius 1 is 1.15 bits per heavy atom. The summed E-state index contributed by atoms with van der Waals surface area (Å²) < 4.78 is 4.67. The summed E-state index contributed by atoms with van der Waals surface area (Å²) >= 11 is 0. The molecule has 2 unspecified atom stereocenters. The van der Waals surface area contributed by atoms with Crippen LogP contribution < -0.4 is 0 Å². The number of aromatic amines is 1. The second-order valence-corrected chi connectivity index (χ2v) is 8.19. The molecule has 0 aliphatic carbocycles. The Morgan fingerprint density at radius 2 is 1.88 bits per heavy atom. The monoisotopic (exact) mass is 448 g/mol. The SMILES string of the molecule is COC(=O)c1ccc(C2C(C(C)=O)C(=O)C(=O)N2CCc2c(C)[nH]c3ccccc23)c(O)c1. The number of amides is 1. The number of fused-ring (bicyclic) bond motifs is 1. The molecule has 0 saturated carbocycles. The van der Waals surface area contributed by atoms with E-state index in [9.17, 15) is 24.3 Å². The first kappa shape index (κ1) is 22.3. The van der Waals surface area contributed by atoms with Crippen LogP contribution in [0.3, 0.4) is 0 Å². The molecule has 2 aromatic carbocycles. The van der Waals surface area contributed by atoms with Crippen LogP contribution in [0.1, 0.15) is 40.1 Å². The number of hydrogen-bond acceptors (Lipinski definition) is 6. The fourth-order valence-corrected chi connectivity index (χ4v) is 4.65. The number of phenolic OH excluding ortho intramolecular Hbond substituents is 1. The van der Waals surface area contributed by atoms with E-state index in [4.69, 9.17) is 0 Å². The minimum atomic E-state index is -1.23. The van der Waals surface area contributed by atoms with Crippen molar-refractivity contribution in [2.24, 2.45) is 5.92 Å². The van der Waals surface area contributed by atoms with Crippen molar-refractivity contribution in [3.63, 3.8) is 0 Å². The van der Waals surface area contributed by atoms with Crippen molar-refractivity contribution >= 4 is 34.3 Å². The third-order valence-corrected chi connectivity index (χ3v) is 6.24. The predicted octanol–water partition coefficient (Wildman–Crippen LogP) is 2.87. The Kier molecular flexibility index (Phi) is 5.76. The first-order chi connectivity index (χ1) is 15.7. The smallest absolute Gasteiger partial charge is 0.337 e. The number of ether oxygens (including phenoxy) is 1. The second-order valence-electron chi connectivity index (χ2n) is 8.19. The van der Waals surface area contributed by atoms with Crippen molar-refractivity contribution < 1.29 is 29.0 Å². The molecule has 0 spiro atoms. The van der Waals surface area contributed by atoms with E-state index in [1.54, 1.807) is 0 Å². The van der Waals surface area contributed by atoms with Crippen LogP contribution in [0.5, 0.6) is 5.75 Å². The number of benzene rings is 2. The van der Waals surface area contributed by atoms with Crippen molar-refractivity contribution in [2.75, 3.05) is 13.7 Å². The van der Waals surface area contributed by atoms with Gasteiger partial charge in [-0.15, -0.1) is 0 Å². The number of para-hydroxylation sites is 1. The maximum absolute atomic E-state index is 12.9. The molecule has 1 fully saturated rings. The molecular formula is C25H24N2O6. The van der Waals surface area contributed by atoms with Gasteiger partial charge in [0.1, 0.15) is 17.5 Å². The summed E-state index contributed by atoms with van der Waals surface area (Å²) in [5, 5.41) is 11.7. The molecular weight excluding hydrogens is 424 g/mol. The standard InChI is InChI=1S/C25H24N2O6/c1-13-16(17-6-4-5-7-19(17)26-13)10-11-27-22(21(14(2)28)23(30)24(27)31)18-9-8-15(12-20(18)29)25(32)33-3/h4-9,12,21-22,26,29H,10-11H2,1-3H3. The van der Waals surface area contributed by atoms with Gasteiger partial charge in [0.05, 0.1) is 18.7 Å². The quantitative estimate of drug-likeness (QED) is 0.340. The Hall–Kier alpha value is -3.94. The molecule has 2 heterocycles. The summed E-state index contributed by atoms with van der Waals surface area (Å²) in [7, 11) is 1.22. The van der Waals surface area contributed by atoms with E-state index in [0.29, 0.717) is 6.42 Å². The number of nitrogens with zero attached hydrogens (tertiary/aromatic N) is 1. The highest BCUT2D eigenvalue weighted by Crippen LogP contribution is 2.41. The third kappa shape index (κ3) is 3.77. The number of phenols is 1. The molecule has 8 heteroatoms. The minimum Gasteiger partial charge on any atom is -0.508 e. The molecule has 1 aliphatic rings. The number of H-pyrrole nitrogens is 1. The van der Waals surface area contributed by atoms with E-state index in [2.05, 4.69) is 9.72 Å². The van der Waals surface area contributed by atoms with Crippen LogP contribution >= 0.6 is 0 Å². The van der Waals surface area contributed by atoms with Crippen molar-refractivity contribution in [1.29, 1.82) is 0 Å². The molecule has 170 valence electrons. The van der Waals surface area contributed by atoms with Gasteiger partial charge in [0.15, 0.2) is 0 Å². The van der Waals surface area contributed by atoms with Gasteiger partial charge in [-0.2, -0.15) is 0 Å². The largest absolute Gasteiger partial charge is 0.508 e. The van der Waals surface area contributed by atoms with Crippen molar-refractivity contribution in [3.05, 3.63) is 64.8 Å². The number of hydrogen-bond donors (Lipinski definition) is 2. The fourth-order valence-electron chi connectivity index (χ4n) is 4.65. The summed E-state index contributed by atoms with van der Waals surface area (Å²) in [6, 6.07) is 11.0. The van der Waals surface area contributed by atoms with Gasteiger partial charge in [-0.3, -0.25) is 14.4 Å².